The monoisotopic (exact) mass is 219 g/mol. The van der Waals surface area contributed by atoms with E-state index in [1.807, 2.05) is 19.1 Å². The summed E-state index contributed by atoms with van der Waals surface area (Å²) in [6.07, 6.45) is 5.30. The summed E-state index contributed by atoms with van der Waals surface area (Å²) in [6, 6.07) is 6.06. The number of fused-ring (bicyclic) bond motifs is 1. The van der Waals surface area contributed by atoms with E-state index in [1.165, 1.54) is 5.56 Å². The van der Waals surface area contributed by atoms with Crippen molar-refractivity contribution in [3.8, 4) is 11.5 Å². The fraction of sp³-hybridized carbons (Fsp3) is 0.385. The number of benzene rings is 1. The number of hydrogen-bond acceptors (Lipinski definition) is 3. The zero-order chi connectivity index (χ0) is 11.2. The van der Waals surface area contributed by atoms with Crippen molar-refractivity contribution in [2.45, 2.75) is 19.9 Å². The lowest BCUT2D eigenvalue weighted by atomic mass is 10.2. The van der Waals surface area contributed by atoms with Gasteiger partial charge in [0.1, 0.15) is 0 Å². The molecule has 0 aliphatic carbocycles. The second-order valence-corrected chi connectivity index (χ2v) is 3.72. The molecule has 0 amide bonds. The highest BCUT2D eigenvalue weighted by atomic mass is 16.7. The molecule has 86 valence electrons. The molecule has 0 bridgehead atoms. The number of ether oxygens (including phenoxy) is 2. The Morgan fingerprint density at radius 2 is 2.19 bits per heavy atom. The van der Waals surface area contributed by atoms with Crippen LogP contribution in [0.3, 0.4) is 0 Å². The molecule has 1 N–H and O–H groups in total. The molecule has 1 aliphatic heterocycles. The fourth-order valence-electron chi connectivity index (χ4n) is 1.64. The first-order chi connectivity index (χ1) is 7.90. The summed E-state index contributed by atoms with van der Waals surface area (Å²) in [5.74, 6) is 1.70. The Bertz CT molecular complexity index is 374. The molecule has 1 aromatic rings. The van der Waals surface area contributed by atoms with E-state index in [2.05, 4.69) is 23.5 Å². The van der Waals surface area contributed by atoms with Gasteiger partial charge in [-0.15, -0.1) is 0 Å². The van der Waals surface area contributed by atoms with Crippen molar-refractivity contribution < 1.29 is 9.47 Å². The summed E-state index contributed by atoms with van der Waals surface area (Å²) in [5.41, 5.74) is 1.23. The van der Waals surface area contributed by atoms with Crippen molar-refractivity contribution in [3.63, 3.8) is 0 Å². The summed E-state index contributed by atoms with van der Waals surface area (Å²) in [5, 5.41) is 3.38. The standard InChI is InChI=1S/C13H17NO2/c1-2-3-4-7-14-9-11-5-6-12-13(8-11)16-10-15-12/h2-3,5-6,8,14H,4,7,9-10H2,1H3/b3-2+. The molecule has 2 rings (SSSR count). The van der Waals surface area contributed by atoms with E-state index in [0.717, 1.165) is 31.0 Å². The summed E-state index contributed by atoms with van der Waals surface area (Å²) in [7, 11) is 0. The molecule has 0 aromatic heterocycles. The van der Waals surface area contributed by atoms with Crippen LogP contribution in [0, 0.1) is 0 Å². The second-order valence-electron chi connectivity index (χ2n) is 3.72. The van der Waals surface area contributed by atoms with E-state index in [0.29, 0.717) is 6.79 Å². The zero-order valence-electron chi connectivity index (χ0n) is 9.53. The topological polar surface area (TPSA) is 30.5 Å². The van der Waals surface area contributed by atoms with Gasteiger partial charge in [-0.3, -0.25) is 0 Å². The van der Waals surface area contributed by atoms with Crippen LogP contribution in [0.25, 0.3) is 0 Å². The lowest BCUT2D eigenvalue weighted by Gasteiger charge is -2.04. The lowest BCUT2D eigenvalue weighted by molar-refractivity contribution is 0.174. The summed E-state index contributed by atoms with van der Waals surface area (Å²) >= 11 is 0. The summed E-state index contributed by atoms with van der Waals surface area (Å²) in [6.45, 7) is 4.25. The molecule has 0 saturated heterocycles. The highest BCUT2D eigenvalue weighted by molar-refractivity contribution is 5.44. The van der Waals surface area contributed by atoms with Crippen molar-refractivity contribution in [1.82, 2.24) is 5.32 Å². The Kier molecular flexibility index (Phi) is 3.83. The minimum Gasteiger partial charge on any atom is -0.454 e. The first-order valence-corrected chi connectivity index (χ1v) is 5.60. The molecule has 0 atom stereocenters. The average Bonchev–Trinajstić information content (AvgIpc) is 2.76. The minimum atomic E-state index is 0.341. The smallest absolute Gasteiger partial charge is 0.231 e. The van der Waals surface area contributed by atoms with Gasteiger partial charge in [0.25, 0.3) is 0 Å². The zero-order valence-corrected chi connectivity index (χ0v) is 9.53. The molecule has 0 fully saturated rings. The predicted octanol–water partition coefficient (Wildman–Crippen LogP) is 2.47. The van der Waals surface area contributed by atoms with E-state index >= 15 is 0 Å². The number of allylic oxidation sites excluding steroid dienone is 1. The van der Waals surface area contributed by atoms with Crippen LogP contribution in [0.2, 0.25) is 0 Å². The number of nitrogens with one attached hydrogen (secondary N) is 1. The third kappa shape index (κ3) is 2.76. The Labute approximate surface area is 96.1 Å². The van der Waals surface area contributed by atoms with Crippen LogP contribution >= 0.6 is 0 Å². The third-order valence-corrected chi connectivity index (χ3v) is 2.49. The molecule has 0 saturated carbocycles. The van der Waals surface area contributed by atoms with Gasteiger partial charge in [-0.1, -0.05) is 18.2 Å². The van der Waals surface area contributed by atoms with E-state index in [9.17, 15) is 0 Å². The maximum atomic E-state index is 5.32. The van der Waals surface area contributed by atoms with Crippen LogP contribution in [0.4, 0.5) is 0 Å². The van der Waals surface area contributed by atoms with Gasteiger partial charge in [-0.25, -0.2) is 0 Å². The largest absolute Gasteiger partial charge is 0.454 e. The third-order valence-electron chi connectivity index (χ3n) is 2.49. The van der Waals surface area contributed by atoms with Crippen LogP contribution in [-0.2, 0) is 6.54 Å². The molecule has 1 heterocycles. The Morgan fingerprint density at radius 1 is 1.31 bits per heavy atom. The number of rotatable bonds is 5. The highest BCUT2D eigenvalue weighted by Gasteiger charge is 2.12. The molecule has 3 nitrogen and oxygen atoms in total. The molecule has 0 unspecified atom stereocenters. The highest BCUT2D eigenvalue weighted by Crippen LogP contribution is 2.32. The molecule has 1 aliphatic rings. The Hall–Kier alpha value is -1.48. The molecular weight excluding hydrogens is 202 g/mol. The lowest BCUT2D eigenvalue weighted by Crippen LogP contribution is -2.13. The van der Waals surface area contributed by atoms with Gasteiger partial charge in [-0.2, -0.15) is 0 Å². The van der Waals surface area contributed by atoms with Gasteiger partial charge in [0.05, 0.1) is 0 Å². The Balaban J connectivity index is 1.81. The molecule has 16 heavy (non-hydrogen) atoms. The van der Waals surface area contributed by atoms with Gasteiger partial charge in [0.15, 0.2) is 11.5 Å². The van der Waals surface area contributed by atoms with E-state index in [-0.39, 0.29) is 0 Å². The van der Waals surface area contributed by atoms with Crippen LogP contribution in [0.5, 0.6) is 11.5 Å². The summed E-state index contributed by atoms with van der Waals surface area (Å²) in [4.78, 5) is 0. The minimum absolute atomic E-state index is 0.341. The maximum absolute atomic E-state index is 5.32. The second kappa shape index (κ2) is 5.56. The van der Waals surface area contributed by atoms with Crippen LogP contribution in [-0.4, -0.2) is 13.3 Å². The van der Waals surface area contributed by atoms with Crippen molar-refractivity contribution in [2.24, 2.45) is 0 Å². The molecule has 0 spiro atoms. The molecular formula is C13H17NO2. The predicted molar refractivity (Wildman–Crippen MR) is 63.7 cm³/mol. The molecule has 0 radical (unpaired) electrons. The van der Waals surface area contributed by atoms with E-state index in [4.69, 9.17) is 9.47 Å². The van der Waals surface area contributed by atoms with Gasteiger partial charge in [0, 0.05) is 6.54 Å². The molecule has 3 heteroatoms. The van der Waals surface area contributed by atoms with Crippen molar-refractivity contribution in [2.75, 3.05) is 13.3 Å². The quantitative estimate of drug-likeness (QED) is 0.609. The Morgan fingerprint density at radius 3 is 3.06 bits per heavy atom. The van der Waals surface area contributed by atoms with Gasteiger partial charge >= 0.3 is 0 Å². The van der Waals surface area contributed by atoms with Crippen molar-refractivity contribution >= 4 is 0 Å². The average molecular weight is 219 g/mol. The number of hydrogen-bond donors (Lipinski definition) is 1. The van der Waals surface area contributed by atoms with E-state index in [1.54, 1.807) is 0 Å². The van der Waals surface area contributed by atoms with Gasteiger partial charge < -0.3 is 14.8 Å². The first-order valence-electron chi connectivity index (χ1n) is 5.60. The van der Waals surface area contributed by atoms with Crippen LogP contribution in [0.1, 0.15) is 18.9 Å². The van der Waals surface area contributed by atoms with Gasteiger partial charge in [0.2, 0.25) is 6.79 Å². The van der Waals surface area contributed by atoms with Crippen LogP contribution in [0.15, 0.2) is 30.4 Å². The normalized spacial score (nSPS) is 13.6. The maximum Gasteiger partial charge on any atom is 0.231 e. The SMILES string of the molecule is C/C=C/CCNCc1ccc2c(c1)OCO2. The summed E-state index contributed by atoms with van der Waals surface area (Å²) < 4.78 is 10.6. The fourth-order valence-corrected chi connectivity index (χ4v) is 1.64. The van der Waals surface area contributed by atoms with Crippen LogP contribution < -0.4 is 14.8 Å². The van der Waals surface area contributed by atoms with Crippen molar-refractivity contribution in [3.05, 3.63) is 35.9 Å². The first kappa shape index (κ1) is 11.0. The van der Waals surface area contributed by atoms with Gasteiger partial charge in [-0.05, 0) is 37.6 Å². The molecule has 1 aromatic carbocycles. The van der Waals surface area contributed by atoms with E-state index < -0.39 is 0 Å². The van der Waals surface area contributed by atoms with Crippen molar-refractivity contribution in [1.29, 1.82) is 0 Å².